The van der Waals surface area contributed by atoms with E-state index in [-0.39, 0.29) is 27.9 Å². The Kier molecular flexibility index (Phi) is 4.71. The van der Waals surface area contributed by atoms with E-state index in [0.717, 1.165) is 0 Å². The topological polar surface area (TPSA) is 83.5 Å². The van der Waals surface area contributed by atoms with Gasteiger partial charge < -0.3 is 5.11 Å². The van der Waals surface area contributed by atoms with Gasteiger partial charge in [-0.15, -0.1) is 11.3 Å². The lowest BCUT2D eigenvalue weighted by molar-refractivity contribution is 0.0702. The minimum atomic E-state index is -3.77. The maximum Gasteiger partial charge on any atom is 0.345 e. The van der Waals surface area contributed by atoms with Gasteiger partial charge in [-0.1, -0.05) is 18.2 Å². The van der Waals surface area contributed by atoms with Crippen LogP contribution in [0.3, 0.4) is 0 Å². The van der Waals surface area contributed by atoms with Crippen LogP contribution >= 0.6 is 11.3 Å². The van der Waals surface area contributed by atoms with Crippen LogP contribution in [0.2, 0.25) is 0 Å². The molecule has 21 heavy (non-hydrogen) atoms. The Morgan fingerprint density at radius 3 is 2.57 bits per heavy atom. The molecule has 1 aromatic carbocycles. The maximum atomic E-state index is 13.4. The third-order valence-corrected chi connectivity index (χ3v) is 5.73. The summed E-state index contributed by atoms with van der Waals surface area (Å²) in [5.41, 5.74) is 0.414. The molecule has 0 bridgehead atoms. The van der Waals surface area contributed by atoms with E-state index in [2.05, 4.69) is 4.72 Å². The SMILES string of the molecule is O=C(O)c1ccc(S(=O)(=O)NCCc2ccccc2F)s1. The number of aromatic carboxylic acids is 1. The fraction of sp³-hybridized carbons (Fsp3) is 0.154. The molecule has 2 N–H and O–H groups in total. The Labute approximate surface area is 125 Å². The van der Waals surface area contributed by atoms with E-state index in [0.29, 0.717) is 16.9 Å². The summed E-state index contributed by atoms with van der Waals surface area (Å²) in [7, 11) is -3.77. The van der Waals surface area contributed by atoms with Gasteiger partial charge in [0.25, 0.3) is 0 Å². The minimum Gasteiger partial charge on any atom is -0.477 e. The second-order valence-electron chi connectivity index (χ2n) is 4.16. The maximum absolute atomic E-state index is 13.4. The van der Waals surface area contributed by atoms with Crippen LogP contribution in [0.5, 0.6) is 0 Å². The molecule has 0 spiro atoms. The van der Waals surface area contributed by atoms with Gasteiger partial charge in [0.2, 0.25) is 10.0 Å². The van der Waals surface area contributed by atoms with Crippen molar-refractivity contribution in [1.82, 2.24) is 4.72 Å². The van der Waals surface area contributed by atoms with Crippen LogP contribution in [0, 0.1) is 5.82 Å². The fourth-order valence-electron chi connectivity index (χ4n) is 1.67. The molecule has 0 aliphatic heterocycles. The lowest BCUT2D eigenvalue weighted by Crippen LogP contribution is -2.25. The Morgan fingerprint density at radius 1 is 1.24 bits per heavy atom. The van der Waals surface area contributed by atoms with Crippen molar-refractivity contribution in [2.45, 2.75) is 10.6 Å². The van der Waals surface area contributed by atoms with Gasteiger partial charge in [0.1, 0.15) is 14.9 Å². The molecule has 0 amide bonds. The first-order valence-corrected chi connectivity index (χ1v) is 8.26. The number of nitrogens with one attached hydrogen (secondary N) is 1. The van der Waals surface area contributed by atoms with Crippen molar-refractivity contribution in [2.75, 3.05) is 6.54 Å². The van der Waals surface area contributed by atoms with Gasteiger partial charge in [-0.2, -0.15) is 0 Å². The number of sulfonamides is 1. The van der Waals surface area contributed by atoms with E-state index in [4.69, 9.17) is 5.11 Å². The number of halogens is 1. The lowest BCUT2D eigenvalue weighted by Gasteiger charge is -2.05. The summed E-state index contributed by atoms with van der Waals surface area (Å²) in [6.07, 6.45) is 0.211. The van der Waals surface area contributed by atoms with E-state index in [1.165, 1.54) is 18.2 Å². The van der Waals surface area contributed by atoms with Gasteiger partial charge in [-0.05, 0) is 30.2 Å². The van der Waals surface area contributed by atoms with Crippen molar-refractivity contribution in [2.24, 2.45) is 0 Å². The molecule has 0 fully saturated rings. The number of thiophene rings is 1. The van der Waals surface area contributed by atoms with Crippen LogP contribution in [0.4, 0.5) is 4.39 Å². The van der Waals surface area contributed by atoms with Crippen molar-refractivity contribution in [1.29, 1.82) is 0 Å². The normalized spacial score (nSPS) is 11.5. The first-order valence-electron chi connectivity index (χ1n) is 5.96. The number of hydrogen-bond acceptors (Lipinski definition) is 4. The summed E-state index contributed by atoms with van der Waals surface area (Å²) in [6.45, 7) is 0.0313. The number of carboxylic acids is 1. The van der Waals surface area contributed by atoms with Gasteiger partial charge in [-0.3, -0.25) is 0 Å². The van der Waals surface area contributed by atoms with E-state index < -0.39 is 16.0 Å². The summed E-state index contributed by atoms with van der Waals surface area (Å²) >= 11 is 0.673. The Balaban J connectivity index is 2.01. The molecular weight excluding hydrogens is 317 g/mol. The molecule has 1 aromatic heterocycles. The van der Waals surface area contributed by atoms with Crippen molar-refractivity contribution in [3.8, 4) is 0 Å². The van der Waals surface area contributed by atoms with Gasteiger partial charge in [-0.25, -0.2) is 22.3 Å². The zero-order valence-corrected chi connectivity index (χ0v) is 12.4. The van der Waals surface area contributed by atoms with Gasteiger partial charge in [0, 0.05) is 6.54 Å². The molecule has 2 rings (SSSR count). The molecule has 0 unspecified atom stereocenters. The number of benzene rings is 1. The second-order valence-corrected chi connectivity index (χ2v) is 7.24. The van der Waals surface area contributed by atoms with Crippen LogP contribution in [-0.2, 0) is 16.4 Å². The monoisotopic (exact) mass is 329 g/mol. The van der Waals surface area contributed by atoms with Crippen molar-refractivity contribution >= 4 is 27.3 Å². The average molecular weight is 329 g/mol. The van der Waals surface area contributed by atoms with Crippen LogP contribution in [-0.4, -0.2) is 26.0 Å². The minimum absolute atomic E-state index is 0.0313. The third kappa shape index (κ3) is 3.87. The van der Waals surface area contributed by atoms with Crippen LogP contribution in [0.1, 0.15) is 15.2 Å². The molecule has 8 heteroatoms. The summed E-state index contributed by atoms with van der Waals surface area (Å²) in [6, 6.07) is 8.59. The van der Waals surface area contributed by atoms with Gasteiger partial charge in [0.05, 0.1) is 0 Å². The van der Waals surface area contributed by atoms with E-state index in [1.54, 1.807) is 18.2 Å². The molecular formula is C13H12FNO4S2. The molecule has 5 nitrogen and oxygen atoms in total. The zero-order chi connectivity index (χ0) is 15.5. The van der Waals surface area contributed by atoms with E-state index in [1.807, 2.05) is 0 Å². The number of carboxylic acid groups (broad SMARTS) is 1. The highest BCUT2D eigenvalue weighted by Crippen LogP contribution is 2.21. The number of hydrogen-bond donors (Lipinski definition) is 2. The highest BCUT2D eigenvalue weighted by Gasteiger charge is 2.18. The van der Waals surface area contributed by atoms with Crippen molar-refractivity contribution in [3.63, 3.8) is 0 Å². The largest absolute Gasteiger partial charge is 0.477 e. The van der Waals surface area contributed by atoms with E-state index >= 15 is 0 Å². The molecule has 0 aliphatic rings. The van der Waals surface area contributed by atoms with Crippen LogP contribution in [0.25, 0.3) is 0 Å². The highest BCUT2D eigenvalue weighted by atomic mass is 32.2. The first kappa shape index (κ1) is 15.6. The van der Waals surface area contributed by atoms with Gasteiger partial charge in [0.15, 0.2) is 0 Å². The zero-order valence-electron chi connectivity index (χ0n) is 10.7. The third-order valence-electron chi connectivity index (χ3n) is 2.70. The van der Waals surface area contributed by atoms with E-state index in [9.17, 15) is 17.6 Å². The standard InChI is InChI=1S/C13H12FNO4S2/c14-10-4-2-1-3-9(10)7-8-15-21(18,19)12-6-5-11(20-12)13(16)17/h1-6,15H,7-8H2,(H,16,17). The summed E-state index contributed by atoms with van der Waals surface area (Å²) in [4.78, 5) is 10.7. The molecule has 0 saturated carbocycles. The fourth-order valence-corrected chi connectivity index (χ4v) is 3.89. The first-order chi connectivity index (χ1) is 9.90. The average Bonchev–Trinajstić information content (AvgIpc) is 2.91. The summed E-state index contributed by atoms with van der Waals surface area (Å²) in [5, 5.41) is 8.77. The predicted molar refractivity (Wildman–Crippen MR) is 76.6 cm³/mol. The van der Waals surface area contributed by atoms with Crippen molar-refractivity contribution < 1.29 is 22.7 Å². The van der Waals surface area contributed by atoms with Crippen LogP contribution in [0.15, 0.2) is 40.6 Å². The van der Waals surface area contributed by atoms with Crippen molar-refractivity contribution in [3.05, 3.63) is 52.7 Å². The quantitative estimate of drug-likeness (QED) is 0.850. The second kappa shape index (κ2) is 6.33. The highest BCUT2D eigenvalue weighted by molar-refractivity contribution is 7.91. The Morgan fingerprint density at radius 2 is 1.95 bits per heavy atom. The molecule has 0 saturated heterocycles. The predicted octanol–water partition coefficient (Wildman–Crippen LogP) is 2.11. The molecule has 0 atom stereocenters. The smallest absolute Gasteiger partial charge is 0.345 e. The summed E-state index contributed by atoms with van der Waals surface area (Å²) in [5.74, 6) is -1.56. The lowest BCUT2D eigenvalue weighted by atomic mass is 10.1. The Bertz CT molecular complexity index is 755. The molecule has 112 valence electrons. The number of rotatable bonds is 6. The van der Waals surface area contributed by atoms with Gasteiger partial charge >= 0.3 is 5.97 Å². The molecule has 0 aliphatic carbocycles. The molecule has 0 radical (unpaired) electrons. The van der Waals surface area contributed by atoms with Crippen LogP contribution < -0.4 is 4.72 Å². The molecule has 2 aromatic rings. The Hall–Kier alpha value is -1.77. The number of carbonyl (C=O) groups is 1. The summed E-state index contributed by atoms with van der Waals surface area (Å²) < 4.78 is 39.5. The molecule has 1 heterocycles.